The van der Waals surface area contributed by atoms with Crippen molar-refractivity contribution in [2.24, 2.45) is 10.2 Å². The number of rotatable bonds is 1. The van der Waals surface area contributed by atoms with Gasteiger partial charge in [0.1, 0.15) is 0 Å². The molecule has 0 heterocycles. The lowest BCUT2D eigenvalue weighted by molar-refractivity contribution is -0.137. The van der Waals surface area contributed by atoms with E-state index in [0.717, 1.165) is 0 Å². The summed E-state index contributed by atoms with van der Waals surface area (Å²) in [5.74, 6) is -1.41. The van der Waals surface area contributed by atoms with E-state index in [1.165, 1.54) is 38.0 Å². The van der Waals surface area contributed by atoms with Gasteiger partial charge in [-0.25, -0.2) is 18.8 Å². The minimum absolute atomic E-state index is 0.551. The minimum Gasteiger partial charge on any atom is -0.479 e. The summed E-state index contributed by atoms with van der Waals surface area (Å²) in [6, 6.07) is -1.10. The van der Waals surface area contributed by atoms with E-state index in [1.807, 2.05) is 0 Å². The molecule has 4 amide bonds. The second-order valence-electron chi connectivity index (χ2n) is 3.08. The number of aliphatic carboxylic acids is 1. The van der Waals surface area contributed by atoms with Crippen LogP contribution in [0.2, 0.25) is 0 Å². The predicted molar refractivity (Wildman–Crippen MR) is 56.6 cm³/mol. The van der Waals surface area contributed by atoms with Crippen molar-refractivity contribution in [2.45, 2.75) is 0 Å². The molecule has 0 rings (SSSR count). The largest absolute Gasteiger partial charge is 0.479 e. The van der Waals surface area contributed by atoms with Gasteiger partial charge in [0, 0.05) is 28.2 Å². The molecule has 8 nitrogen and oxygen atoms in total. The summed E-state index contributed by atoms with van der Waals surface area (Å²) in [5.41, 5.74) is 0. The molecular formula is C8H15FN4O4. The summed E-state index contributed by atoms with van der Waals surface area (Å²) < 4.78 is 10.5. The number of hydrogen-bond donors (Lipinski definition) is 1. The summed E-state index contributed by atoms with van der Waals surface area (Å²) >= 11 is 0. The molecule has 9 heteroatoms. The Morgan fingerprint density at radius 3 is 1.35 bits per heavy atom. The average molecular weight is 250 g/mol. The molecule has 0 unspecified atom stereocenters. The van der Waals surface area contributed by atoms with Crippen LogP contribution in [-0.2, 0) is 4.79 Å². The zero-order chi connectivity index (χ0) is 14.0. The fourth-order valence-electron chi connectivity index (χ4n) is 0.264. The molecule has 0 spiro atoms. The highest BCUT2D eigenvalue weighted by Crippen LogP contribution is 1.89. The van der Waals surface area contributed by atoms with Gasteiger partial charge in [0.05, 0.1) is 0 Å². The second-order valence-corrected chi connectivity index (χ2v) is 3.08. The van der Waals surface area contributed by atoms with Crippen LogP contribution in [0, 0.1) is 0 Å². The third-order valence-corrected chi connectivity index (χ3v) is 1.10. The van der Waals surface area contributed by atoms with Gasteiger partial charge in [-0.05, 0) is 0 Å². The number of carbonyl (C=O) groups excluding carboxylic acids is 2. The summed E-state index contributed by atoms with van der Waals surface area (Å²) in [6.07, 6.45) is 0. The number of carbonyl (C=O) groups is 3. The SMILES string of the molecule is CN(C)C(=O)N=NC(=O)N(C)C.O=C(O)CF. The van der Waals surface area contributed by atoms with Crippen LogP contribution in [0.5, 0.6) is 0 Å². The maximum atomic E-state index is 10.8. The number of hydrogen-bond acceptors (Lipinski definition) is 3. The number of halogens is 1. The number of carboxylic acids is 1. The first-order chi connectivity index (χ1) is 7.72. The maximum absolute atomic E-state index is 10.8. The molecule has 0 saturated heterocycles. The van der Waals surface area contributed by atoms with Crippen LogP contribution >= 0.6 is 0 Å². The normalized spacial score (nSPS) is 9.24. The van der Waals surface area contributed by atoms with Gasteiger partial charge < -0.3 is 14.9 Å². The van der Waals surface area contributed by atoms with E-state index in [0.29, 0.717) is 0 Å². The Hall–Kier alpha value is -2.06. The predicted octanol–water partition coefficient (Wildman–Crippen LogP) is 0.842. The smallest absolute Gasteiger partial charge is 0.361 e. The lowest BCUT2D eigenvalue weighted by atomic mass is 10.8. The summed E-state index contributed by atoms with van der Waals surface area (Å²) in [6.45, 7) is -1.28. The van der Waals surface area contributed by atoms with Crippen LogP contribution in [0.1, 0.15) is 0 Å². The standard InChI is InChI=1S/C6H12N4O2.C2H3FO2/c1-9(2)5(11)7-8-6(12)10(3)4;3-1-2(4)5/h1-4H3;1H2,(H,4,5). The molecule has 1 N–H and O–H groups in total. The van der Waals surface area contributed by atoms with E-state index in [-0.39, 0.29) is 0 Å². The van der Waals surface area contributed by atoms with Gasteiger partial charge in [-0.3, -0.25) is 0 Å². The van der Waals surface area contributed by atoms with Crippen molar-refractivity contribution in [1.82, 2.24) is 9.80 Å². The van der Waals surface area contributed by atoms with Gasteiger partial charge in [0.2, 0.25) is 0 Å². The highest BCUT2D eigenvalue weighted by Gasteiger charge is 2.03. The van der Waals surface area contributed by atoms with Crippen molar-refractivity contribution in [3.63, 3.8) is 0 Å². The van der Waals surface area contributed by atoms with Crippen molar-refractivity contribution in [1.29, 1.82) is 0 Å². The first-order valence-electron chi connectivity index (χ1n) is 4.34. The van der Waals surface area contributed by atoms with Gasteiger partial charge in [0.15, 0.2) is 6.67 Å². The average Bonchev–Trinajstić information content (AvgIpc) is 2.25. The quantitative estimate of drug-likeness (QED) is 0.696. The molecule has 0 radical (unpaired) electrons. The van der Waals surface area contributed by atoms with Crippen LogP contribution < -0.4 is 0 Å². The fraction of sp³-hybridized carbons (Fsp3) is 0.625. The van der Waals surface area contributed by atoms with Crippen LogP contribution in [0.25, 0.3) is 0 Å². The van der Waals surface area contributed by atoms with E-state index < -0.39 is 24.7 Å². The topological polar surface area (TPSA) is 103 Å². The molecule has 0 atom stereocenters. The summed E-state index contributed by atoms with van der Waals surface area (Å²) in [4.78, 5) is 33.0. The molecule has 98 valence electrons. The molecule has 0 aromatic rings. The zero-order valence-corrected chi connectivity index (χ0v) is 10.0. The number of nitrogens with zero attached hydrogens (tertiary/aromatic N) is 4. The molecule has 0 saturated carbocycles. The van der Waals surface area contributed by atoms with Crippen LogP contribution in [-0.4, -0.2) is 67.8 Å². The van der Waals surface area contributed by atoms with Gasteiger partial charge >= 0.3 is 18.0 Å². The molecule has 0 aliphatic heterocycles. The Kier molecular flexibility index (Phi) is 9.37. The highest BCUT2D eigenvalue weighted by atomic mass is 19.1. The van der Waals surface area contributed by atoms with E-state index in [2.05, 4.69) is 10.2 Å². The Balaban J connectivity index is 0. The monoisotopic (exact) mass is 250 g/mol. The molecule has 0 aromatic heterocycles. The number of alkyl halides is 1. The van der Waals surface area contributed by atoms with E-state index in [9.17, 15) is 14.0 Å². The Labute approximate surface area is 97.7 Å². The molecule has 0 aromatic carbocycles. The summed E-state index contributed by atoms with van der Waals surface area (Å²) in [5, 5.41) is 13.7. The Morgan fingerprint density at radius 1 is 1.00 bits per heavy atom. The zero-order valence-electron chi connectivity index (χ0n) is 10.0. The van der Waals surface area contributed by atoms with Crippen molar-refractivity contribution < 1.29 is 23.9 Å². The number of urea groups is 2. The minimum atomic E-state index is -1.41. The van der Waals surface area contributed by atoms with Crippen molar-refractivity contribution in [3.8, 4) is 0 Å². The van der Waals surface area contributed by atoms with Crippen molar-refractivity contribution >= 4 is 18.0 Å². The second kappa shape index (κ2) is 9.19. The Morgan fingerprint density at radius 2 is 1.24 bits per heavy atom. The summed E-state index contributed by atoms with van der Waals surface area (Å²) in [7, 11) is 6.12. The van der Waals surface area contributed by atoms with E-state index in [4.69, 9.17) is 9.90 Å². The third kappa shape index (κ3) is 11.9. The van der Waals surface area contributed by atoms with Crippen molar-refractivity contribution in [2.75, 3.05) is 34.9 Å². The molecule has 0 fully saturated rings. The first kappa shape index (κ1) is 17.3. The lowest BCUT2D eigenvalue weighted by Crippen LogP contribution is -2.20. The third-order valence-electron chi connectivity index (χ3n) is 1.10. The van der Waals surface area contributed by atoms with E-state index >= 15 is 0 Å². The molecule has 17 heavy (non-hydrogen) atoms. The van der Waals surface area contributed by atoms with Crippen LogP contribution in [0.4, 0.5) is 14.0 Å². The highest BCUT2D eigenvalue weighted by molar-refractivity contribution is 5.79. The van der Waals surface area contributed by atoms with Crippen LogP contribution in [0.3, 0.4) is 0 Å². The molecule has 0 aliphatic carbocycles. The maximum Gasteiger partial charge on any atom is 0.361 e. The van der Waals surface area contributed by atoms with Gasteiger partial charge in [0.25, 0.3) is 0 Å². The molecular weight excluding hydrogens is 235 g/mol. The van der Waals surface area contributed by atoms with Gasteiger partial charge in [-0.2, -0.15) is 0 Å². The molecule has 0 aliphatic rings. The van der Waals surface area contributed by atoms with Crippen molar-refractivity contribution in [3.05, 3.63) is 0 Å². The number of amides is 4. The number of azo groups is 1. The van der Waals surface area contributed by atoms with E-state index in [1.54, 1.807) is 0 Å². The van der Waals surface area contributed by atoms with Gasteiger partial charge in [-0.1, -0.05) is 10.2 Å². The van der Waals surface area contributed by atoms with Crippen LogP contribution in [0.15, 0.2) is 10.2 Å². The van der Waals surface area contributed by atoms with Gasteiger partial charge in [-0.15, -0.1) is 0 Å². The molecule has 0 bridgehead atoms. The number of carboxylic acid groups (broad SMARTS) is 1. The first-order valence-corrected chi connectivity index (χ1v) is 4.34. The Bertz CT molecular complexity index is 282. The lowest BCUT2D eigenvalue weighted by Gasteiger charge is -2.05. The fourth-order valence-corrected chi connectivity index (χ4v) is 0.264.